The van der Waals surface area contributed by atoms with E-state index in [4.69, 9.17) is 17.0 Å². The summed E-state index contributed by atoms with van der Waals surface area (Å²) in [5.74, 6) is 0. The number of fused-ring (bicyclic) bond motifs is 4. The van der Waals surface area contributed by atoms with Gasteiger partial charge in [0.25, 0.3) is 0 Å². The molecule has 0 aliphatic heterocycles. The van der Waals surface area contributed by atoms with E-state index >= 15 is 0 Å². The fraction of sp³-hybridized carbons (Fsp3) is 0.296. The first kappa shape index (κ1) is 42.8. The van der Waals surface area contributed by atoms with Crippen molar-refractivity contribution in [2.45, 2.75) is 91.1 Å². The zero-order chi connectivity index (χ0) is 40.5. The number of halogens is 2. The van der Waals surface area contributed by atoms with Crippen LogP contribution in [0, 0.1) is 10.8 Å². The summed E-state index contributed by atoms with van der Waals surface area (Å²) in [6.07, 6.45) is 13.6. The van der Waals surface area contributed by atoms with Crippen LogP contribution in [0.3, 0.4) is 0 Å². The normalized spacial score (nSPS) is 15.3. The quantitative estimate of drug-likeness (QED) is 0.115. The maximum absolute atomic E-state index is 4.93. The van der Waals surface area contributed by atoms with E-state index in [0.29, 0.717) is 10.8 Å². The molecule has 2 fully saturated rings. The molecule has 294 valence electrons. The van der Waals surface area contributed by atoms with Crippen LogP contribution < -0.4 is 0 Å². The van der Waals surface area contributed by atoms with Gasteiger partial charge in [-0.2, -0.15) is 12.1 Å². The molecule has 10 rings (SSSR count). The molecule has 58 heavy (non-hydrogen) atoms. The predicted molar refractivity (Wildman–Crippen MR) is 255 cm³/mol. The number of rotatable bonds is 6. The summed E-state index contributed by atoms with van der Waals surface area (Å²) in [5, 5.41) is 10.9. The molecule has 0 aromatic heterocycles. The van der Waals surface area contributed by atoms with Gasteiger partial charge in [-0.3, -0.25) is 0 Å². The summed E-state index contributed by atoms with van der Waals surface area (Å²) in [6, 6.07) is 54.0. The Morgan fingerprint density at radius 3 is 1.17 bits per heavy atom. The van der Waals surface area contributed by atoms with Gasteiger partial charge in [0.2, 0.25) is 0 Å². The first-order valence-electron chi connectivity index (χ1n) is 21.1. The van der Waals surface area contributed by atoms with Gasteiger partial charge in [-0.05, 0) is 82.0 Å². The van der Waals surface area contributed by atoms with Crippen molar-refractivity contribution in [1.29, 1.82) is 0 Å². The van der Waals surface area contributed by atoms with Gasteiger partial charge in [-0.1, -0.05) is 161 Å². The van der Waals surface area contributed by atoms with Gasteiger partial charge in [0.1, 0.15) is 0 Å². The average molecular weight is 895 g/mol. The zero-order valence-electron chi connectivity index (χ0n) is 34.7. The fourth-order valence-electron chi connectivity index (χ4n) is 9.98. The summed E-state index contributed by atoms with van der Waals surface area (Å²) in [4.78, 5) is 0. The molecule has 2 saturated carbocycles. The molecule has 0 unspecified atom stereocenters. The molecule has 8 aromatic carbocycles. The van der Waals surface area contributed by atoms with E-state index in [2.05, 4.69) is 173 Å². The van der Waals surface area contributed by atoms with Crippen molar-refractivity contribution in [2.24, 2.45) is 10.8 Å². The van der Waals surface area contributed by atoms with Crippen molar-refractivity contribution in [3.8, 4) is 22.3 Å². The van der Waals surface area contributed by atoms with Gasteiger partial charge in [0.05, 0.1) is 0 Å². The van der Waals surface area contributed by atoms with Crippen molar-refractivity contribution >= 4 is 69.6 Å². The van der Waals surface area contributed by atoms with E-state index in [1.165, 1.54) is 141 Å². The summed E-state index contributed by atoms with van der Waals surface area (Å²) in [7, 11) is 11.0. The van der Waals surface area contributed by atoms with Gasteiger partial charge in [0.15, 0.2) is 0 Å². The van der Waals surface area contributed by atoms with E-state index in [-0.39, 0.29) is 0 Å². The van der Waals surface area contributed by atoms with Crippen molar-refractivity contribution < 1.29 is 20.8 Å². The molecule has 0 amide bonds. The molecule has 0 bridgehead atoms. The molecule has 2 aliphatic rings. The monoisotopic (exact) mass is 892 g/mol. The van der Waals surface area contributed by atoms with Crippen LogP contribution >= 0.6 is 17.0 Å². The number of benzene rings is 6. The predicted octanol–water partition coefficient (Wildman–Crippen LogP) is 17.2. The summed E-state index contributed by atoms with van der Waals surface area (Å²) in [6.45, 7) is 9.26. The van der Waals surface area contributed by atoms with E-state index in [1.807, 2.05) is 0 Å². The van der Waals surface area contributed by atoms with E-state index in [1.54, 1.807) is 0 Å². The average Bonchev–Trinajstić information content (AvgIpc) is 4.05. The Morgan fingerprint density at radius 2 is 0.793 bits per heavy atom. The Balaban J connectivity index is 0.000000156. The van der Waals surface area contributed by atoms with Crippen LogP contribution in [0.5, 0.6) is 0 Å². The van der Waals surface area contributed by atoms with Crippen molar-refractivity contribution in [1.82, 2.24) is 0 Å². The third-order valence-corrected chi connectivity index (χ3v) is 12.7. The molecule has 0 spiro atoms. The van der Waals surface area contributed by atoms with Crippen molar-refractivity contribution in [3.05, 3.63) is 157 Å². The Hall–Kier alpha value is -3.26. The molecule has 4 heteroatoms. The molecular weight excluding hydrogens is 839 g/mol. The van der Waals surface area contributed by atoms with Crippen LogP contribution in [-0.2, 0) is 33.7 Å². The third kappa shape index (κ3) is 10.0. The first-order chi connectivity index (χ1) is 28.3. The van der Waals surface area contributed by atoms with Crippen molar-refractivity contribution in [2.75, 3.05) is 0 Å². The molecule has 0 saturated heterocycles. The minimum atomic E-state index is -0.826. The second kappa shape index (κ2) is 19.9. The topological polar surface area (TPSA) is 0 Å². The van der Waals surface area contributed by atoms with Crippen molar-refractivity contribution in [3.63, 3.8) is 0 Å². The van der Waals surface area contributed by atoms with Crippen LogP contribution in [-0.4, -0.2) is 9.52 Å². The van der Waals surface area contributed by atoms with Gasteiger partial charge >= 0.3 is 37.9 Å². The Labute approximate surface area is 368 Å². The second-order valence-corrected chi connectivity index (χ2v) is 22.1. The Kier molecular flexibility index (Phi) is 14.7. The molecule has 0 atom stereocenters. The van der Waals surface area contributed by atoms with Gasteiger partial charge in [-0.25, -0.2) is 0 Å². The van der Waals surface area contributed by atoms with Crippen LogP contribution in [0.4, 0.5) is 0 Å². The zero-order valence-corrected chi connectivity index (χ0v) is 39.7. The Bertz CT molecular complexity index is 2370. The summed E-state index contributed by atoms with van der Waals surface area (Å²) in [5.41, 5.74) is 9.45. The van der Waals surface area contributed by atoms with Crippen LogP contribution in [0.1, 0.15) is 76.3 Å². The van der Waals surface area contributed by atoms with E-state index < -0.39 is 20.8 Å². The third-order valence-electron chi connectivity index (χ3n) is 12.7. The van der Waals surface area contributed by atoms with Gasteiger partial charge < -0.3 is 0 Å². The first-order valence-corrected chi connectivity index (χ1v) is 29.5. The maximum atomic E-state index is 4.93. The standard InChI is InChI=1S/2C26H25.C2H6Si.2ClH.Zr/c2*1-26(14-4-5-15-26)18-19-16-21-10-7-13-24(25(21)17-19)23-12-6-9-20-8-2-3-11-22(20)23;1-3-2;;;/h2*2-3,6-13,16-17H,4-5,14-15,18H2,1H3;1-2H3;2*1H;/q2*-1;;;;+4/p-2. The van der Waals surface area contributed by atoms with Gasteiger partial charge in [-0.15, -0.1) is 69.1 Å². The number of hydrogen-bond donors (Lipinski definition) is 0. The summed E-state index contributed by atoms with van der Waals surface area (Å²) >= 11 is -0.826. The molecule has 0 N–H and O–H groups in total. The van der Waals surface area contributed by atoms with Gasteiger partial charge in [0, 0.05) is 9.52 Å². The fourth-order valence-corrected chi connectivity index (χ4v) is 9.98. The Morgan fingerprint density at radius 1 is 0.483 bits per heavy atom. The van der Waals surface area contributed by atoms with E-state index in [9.17, 15) is 0 Å². The van der Waals surface area contributed by atoms with E-state index in [0.717, 1.165) is 9.52 Å². The SMILES string of the molecule is CC1(Cc2cc3c(-c4cccc5ccccc45)cccc3[cH-]2)CCCC1.CC1(Cc2cc3c(-c4cccc5ccccc45)cccc3[cH-]2)CCCC1.C[Si]C.[Cl][Zr+2][Cl]. The molecule has 8 aromatic rings. The molecular formula is C54H56Cl2SiZr. The minimum absolute atomic E-state index is 0.504. The summed E-state index contributed by atoms with van der Waals surface area (Å²) < 4.78 is 0. The molecule has 0 heterocycles. The second-order valence-electron chi connectivity index (χ2n) is 17.4. The number of hydrogen-bond acceptors (Lipinski definition) is 0. The van der Waals surface area contributed by atoms with Crippen LogP contribution in [0.15, 0.2) is 146 Å². The molecule has 2 aliphatic carbocycles. The molecule has 0 nitrogen and oxygen atoms in total. The van der Waals surface area contributed by atoms with Crippen LogP contribution in [0.2, 0.25) is 13.1 Å². The van der Waals surface area contributed by atoms with Crippen LogP contribution in [0.25, 0.3) is 65.3 Å². The molecule has 2 radical (unpaired) electrons.